The molecule has 124 valence electrons. The van der Waals surface area contributed by atoms with Crippen LogP contribution in [0.3, 0.4) is 0 Å². The van der Waals surface area contributed by atoms with Crippen LogP contribution in [0.4, 0.5) is 0 Å². The molecule has 0 aliphatic heterocycles. The summed E-state index contributed by atoms with van der Waals surface area (Å²) in [4.78, 5) is 12.1. The molecule has 24 heavy (non-hydrogen) atoms. The molecule has 1 saturated carbocycles. The second-order valence-electron chi connectivity index (χ2n) is 5.93. The zero-order valence-corrected chi connectivity index (χ0v) is 14.2. The Bertz CT molecular complexity index is 775. The van der Waals surface area contributed by atoms with Crippen LogP contribution in [0.2, 0.25) is 0 Å². The molecule has 2 aromatic rings. The average molecular weight is 342 g/mol. The van der Waals surface area contributed by atoms with Gasteiger partial charge in [-0.05, 0) is 44.2 Å². The first-order valence-corrected chi connectivity index (χ1v) is 8.85. The lowest BCUT2D eigenvalue weighted by atomic mass is 10.0. The number of carbonyl (C=O) groups excluding carboxylic acids is 1. The molecule has 1 heterocycles. The van der Waals surface area contributed by atoms with Gasteiger partial charge in [-0.3, -0.25) is 4.79 Å². The minimum absolute atomic E-state index is 0.152. The van der Waals surface area contributed by atoms with Gasteiger partial charge in [0.25, 0.3) is 5.22 Å². The highest BCUT2D eigenvalue weighted by molar-refractivity contribution is 7.99. The number of amides is 1. The molecule has 1 aromatic heterocycles. The molecule has 0 unspecified atom stereocenters. The number of aryl methyl sites for hydroxylation is 1. The summed E-state index contributed by atoms with van der Waals surface area (Å²) in [7, 11) is 0. The van der Waals surface area contributed by atoms with Crippen molar-refractivity contribution in [2.45, 2.75) is 43.4 Å². The predicted octanol–water partition coefficient (Wildman–Crippen LogP) is 3.09. The summed E-state index contributed by atoms with van der Waals surface area (Å²) in [5.74, 6) is 0.415. The lowest BCUT2D eigenvalue weighted by Gasteiger charge is -2.21. The Morgan fingerprint density at radius 1 is 1.38 bits per heavy atom. The van der Waals surface area contributed by atoms with Crippen molar-refractivity contribution < 1.29 is 9.21 Å². The molecule has 7 heteroatoms. The van der Waals surface area contributed by atoms with Gasteiger partial charge in [0.15, 0.2) is 0 Å². The Kier molecular flexibility index (Phi) is 4.86. The summed E-state index contributed by atoms with van der Waals surface area (Å²) in [6.45, 7) is 1.97. The third-order valence-corrected chi connectivity index (χ3v) is 4.98. The summed E-state index contributed by atoms with van der Waals surface area (Å²) in [6, 6.07) is 10.00. The van der Waals surface area contributed by atoms with E-state index in [9.17, 15) is 10.1 Å². The van der Waals surface area contributed by atoms with Gasteiger partial charge in [0.2, 0.25) is 11.8 Å². The topological polar surface area (TPSA) is 91.8 Å². The van der Waals surface area contributed by atoms with Crippen LogP contribution in [0.25, 0.3) is 11.5 Å². The van der Waals surface area contributed by atoms with E-state index in [1.54, 1.807) is 0 Å². The Morgan fingerprint density at radius 2 is 2.12 bits per heavy atom. The Labute approximate surface area is 144 Å². The summed E-state index contributed by atoms with van der Waals surface area (Å²) < 4.78 is 5.62. The van der Waals surface area contributed by atoms with Crippen LogP contribution < -0.4 is 5.32 Å². The second kappa shape index (κ2) is 7.05. The Hall–Kier alpha value is -2.33. The number of carbonyl (C=O) groups is 1. The van der Waals surface area contributed by atoms with E-state index in [4.69, 9.17) is 4.42 Å². The van der Waals surface area contributed by atoms with Gasteiger partial charge in [0, 0.05) is 5.56 Å². The fourth-order valence-electron chi connectivity index (χ4n) is 2.86. The minimum atomic E-state index is -0.696. The highest BCUT2D eigenvalue weighted by atomic mass is 32.2. The molecule has 1 aliphatic carbocycles. The first-order valence-electron chi connectivity index (χ1n) is 7.86. The third kappa shape index (κ3) is 3.60. The van der Waals surface area contributed by atoms with Gasteiger partial charge < -0.3 is 9.73 Å². The van der Waals surface area contributed by atoms with Crippen molar-refractivity contribution in [2.75, 3.05) is 5.75 Å². The lowest BCUT2D eigenvalue weighted by Crippen LogP contribution is -2.45. The molecule has 3 rings (SSSR count). The molecule has 1 aromatic carbocycles. The quantitative estimate of drug-likeness (QED) is 0.840. The summed E-state index contributed by atoms with van der Waals surface area (Å²) >= 11 is 1.18. The van der Waals surface area contributed by atoms with E-state index in [1.807, 2.05) is 31.2 Å². The number of hydrogen-bond acceptors (Lipinski definition) is 6. The zero-order chi connectivity index (χ0) is 17.0. The van der Waals surface area contributed by atoms with E-state index in [1.165, 1.54) is 11.8 Å². The minimum Gasteiger partial charge on any atom is -0.411 e. The molecular formula is C17H18N4O2S. The van der Waals surface area contributed by atoms with Crippen LogP contribution >= 0.6 is 11.8 Å². The normalized spacial score (nSPS) is 15.8. The van der Waals surface area contributed by atoms with Crippen LogP contribution in [0, 0.1) is 18.3 Å². The average Bonchev–Trinajstić information content (AvgIpc) is 3.23. The van der Waals surface area contributed by atoms with Crippen molar-refractivity contribution in [3.63, 3.8) is 0 Å². The third-order valence-electron chi connectivity index (χ3n) is 4.16. The SMILES string of the molecule is Cc1ccccc1-c1nnc(SCC(=O)NC2(C#N)CCCC2)o1. The highest BCUT2D eigenvalue weighted by Gasteiger charge is 2.35. The van der Waals surface area contributed by atoms with E-state index >= 15 is 0 Å². The number of rotatable bonds is 5. The fourth-order valence-corrected chi connectivity index (χ4v) is 3.43. The van der Waals surface area contributed by atoms with Crippen molar-refractivity contribution in [3.8, 4) is 17.5 Å². The van der Waals surface area contributed by atoms with Crippen LogP contribution in [0.15, 0.2) is 33.9 Å². The van der Waals surface area contributed by atoms with Gasteiger partial charge in [-0.1, -0.05) is 30.0 Å². The van der Waals surface area contributed by atoms with Crippen LogP contribution in [0.5, 0.6) is 0 Å². The van der Waals surface area contributed by atoms with Gasteiger partial charge >= 0.3 is 0 Å². The maximum Gasteiger partial charge on any atom is 0.277 e. The first-order chi connectivity index (χ1) is 11.6. The molecule has 0 spiro atoms. The van der Waals surface area contributed by atoms with E-state index in [0.29, 0.717) is 11.1 Å². The first kappa shape index (κ1) is 16.5. The fraction of sp³-hybridized carbons (Fsp3) is 0.412. The summed E-state index contributed by atoms with van der Waals surface area (Å²) in [5, 5.41) is 20.5. The van der Waals surface area contributed by atoms with Crippen molar-refractivity contribution in [3.05, 3.63) is 29.8 Å². The molecule has 6 nitrogen and oxygen atoms in total. The van der Waals surface area contributed by atoms with Crippen molar-refractivity contribution in [2.24, 2.45) is 0 Å². The molecule has 1 amide bonds. The number of thioether (sulfide) groups is 1. The molecule has 0 atom stereocenters. The summed E-state index contributed by atoms with van der Waals surface area (Å²) in [6.07, 6.45) is 3.39. The molecule has 1 fully saturated rings. The monoisotopic (exact) mass is 342 g/mol. The van der Waals surface area contributed by atoms with Crippen LogP contribution in [-0.2, 0) is 4.79 Å². The van der Waals surface area contributed by atoms with Crippen molar-refractivity contribution in [1.82, 2.24) is 15.5 Å². The lowest BCUT2D eigenvalue weighted by molar-refractivity contribution is -0.119. The van der Waals surface area contributed by atoms with E-state index in [-0.39, 0.29) is 11.7 Å². The maximum absolute atomic E-state index is 12.1. The van der Waals surface area contributed by atoms with Crippen molar-refractivity contribution >= 4 is 17.7 Å². The number of aromatic nitrogens is 2. The maximum atomic E-state index is 12.1. The summed E-state index contributed by atoms with van der Waals surface area (Å²) in [5.41, 5.74) is 1.24. The van der Waals surface area contributed by atoms with Crippen LogP contribution in [0.1, 0.15) is 31.2 Å². The molecule has 0 radical (unpaired) electrons. The van der Waals surface area contributed by atoms with E-state index in [2.05, 4.69) is 21.6 Å². The molecule has 0 bridgehead atoms. The highest BCUT2D eigenvalue weighted by Crippen LogP contribution is 2.29. The van der Waals surface area contributed by atoms with Crippen molar-refractivity contribution in [1.29, 1.82) is 5.26 Å². The van der Waals surface area contributed by atoms with Gasteiger partial charge in [0.1, 0.15) is 5.54 Å². The van der Waals surface area contributed by atoms with E-state index < -0.39 is 5.54 Å². The Morgan fingerprint density at radius 3 is 2.83 bits per heavy atom. The number of hydrogen-bond donors (Lipinski definition) is 1. The number of nitrogens with zero attached hydrogens (tertiary/aromatic N) is 3. The van der Waals surface area contributed by atoms with Gasteiger partial charge in [0.05, 0.1) is 11.8 Å². The predicted molar refractivity (Wildman–Crippen MR) is 90.1 cm³/mol. The number of nitrogens with one attached hydrogen (secondary N) is 1. The standard InChI is InChI=1S/C17H18N4O2S/c1-12-6-2-3-7-13(12)15-20-21-16(23-15)24-10-14(22)19-17(11-18)8-4-5-9-17/h2-3,6-7H,4-5,8-10H2,1H3,(H,19,22). The second-order valence-corrected chi connectivity index (χ2v) is 6.85. The molecular weight excluding hydrogens is 324 g/mol. The zero-order valence-electron chi connectivity index (χ0n) is 13.4. The van der Waals surface area contributed by atoms with Gasteiger partial charge in [-0.15, -0.1) is 10.2 Å². The van der Waals surface area contributed by atoms with Gasteiger partial charge in [-0.25, -0.2) is 0 Å². The number of benzene rings is 1. The van der Waals surface area contributed by atoms with E-state index in [0.717, 1.165) is 36.8 Å². The molecule has 0 saturated heterocycles. The largest absolute Gasteiger partial charge is 0.411 e. The van der Waals surface area contributed by atoms with Gasteiger partial charge in [-0.2, -0.15) is 5.26 Å². The smallest absolute Gasteiger partial charge is 0.277 e. The number of nitriles is 1. The molecule has 1 N–H and O–H groups in total. The van der Waals surface area contributed by atoms with Crippen LogP contribution in [-0.4, -0.2) is 27.4 Å². The Balaban J connectivity index is 1.59. The molecule has 1 aliphatic rings.